The van der Waals surface area contributed by atoms with Crippen LogP contribution in [0.4, 0.5) is 0 Å². The van der Waals surface area contributed by atoms with Crippen molar-refractivity contribution in [1.82, 2.24) is 0 Å². The van der Waals surface area contributed by atoms with Crippen molar-refractivity contribution in [2.45, 2.75) is 27.2 Å². The summed E-state index contributed by atoms with van der Waals surface area (Å²) in [6.45, 7) is 6.43. The Kier molecular flexibility index (Phi) is 8.66. The van der Waals surface area contributed by atoms with Crippen LogP contribution in [0.3, 0.4) is 0 Å². The van der Waals surface area contributed by atoms with E-state index < -0.39 is 0 Å². The van der Waals surface area contributed by atoms with Crippen LogP contribution in [0.15, 0.2) is 36.4 Å². The molecule has 0 atom stereocenters. The summed E-state index contributed by atoms with van der Waals surface area (Å²) >= 11 is 11.6. The number of carbonyl (C=O) groups is 1. The SMILES string of the molecule is CCCOc1ccccc1C.COc1c(Cl)cc(C(C)=O)cc1Cl. The average molecular weight is 369 g/mol. The van der Waals surface area contributed by atoms with Gasteiger partial charge >= 0.3 is 0 Å². The van der Waals surface area contributed by atoms with Crippen LogP contribution in [-0.2, 0) is 0 Å². The van der Waals surface area contributed by atoms with E-state index in [-0.39, 0.29) is 5.78 Å². The van der Waals surface area contributed by atoms with Crippen molar-refractivity contribution in [3.63, 3.8) is 0 Å². The van der Waals surface area contributed by atoms with E-state index in [1.807, 2.05) is 18.2 Å². The lowest BCUT2D eigenvalue weighted by Gasteiger charge is -2.06. The molecule has 2 aromatic rings. The number of ether oxygens (including phenoxy) is 2. The number of aryl methyl sites for hydroxylation is 1. The van der Waals surface area contributed by atoms with Gasteiger partial charge < -0.3 is 9.47 Å². The third kappa shape index (κ3) is 6.06. The first-order valence-corrected chi connectivity index (χ1v) is 8.38. The summed E-state index contributed by atoms with van der Waals surface area (Å²) in [6.07, 6.45) is 1.06. The van der Waals surface area contributed by atoms with Gasteiger partial charge in [-0.25, -0.2) is 0 Å². The molecule has 130 valence electrons. The second-order valence-electron chi connectivity index (χ2n) is 5.14. The Labute approximate surface area is 153 Å². The van der Waals surface area contributed by atoms with Gasteiger partial charge in [0.15, 0.2) is 11.5 Å². The summed E-state index contributed by atoms with van der Waals surface area (Å²) in [4.78, 5) is 11.0. The molecular weight excluding hydrogens is 347 g/mol. The van der Waals surface area contributed by atoms with Gasteiger partial charge in [0, 0.05) is 5.56 Å². The van der Waals surface area contributed by atoms with E-state index in [1.165, 1.54) is 31.7 Å². The number of hydrogen-bond acceptors (Lipinski definition) is 3. The molecule has 3 nitrogen and oxygen atoms in total. The zero-order valence-corrected chi connectivity index (χ0v) is 15.9. The van der Waals surface area contributed by atoms with Gasteiger partial charge in [0.05, 0.1) is 23.8 Å². The number of hydrogen-bond donors (Lipinski definition) is 0. The molecule has 24 heavy (non-hydrogen) atoms. The zero-order valence-electron chi connectivity index (χ0n) is 14.4. The Morgan fingerprint density at radius 1 is 1.12 bits per heavy atom. The Morgan fingerprint density at radius 2 is 1.71 bits per heavy atom. The van der Waals surface area contributed by atoms with Crippen LogP contribution < -0.4 is 9.47 Å². The van der Waals surface area contributed by atoms with Crippen LogP contribution in [0.1, 0.15) is 36.2 Å². The van der Waals surface area contributed by atoms with Gasteiger partial charge in [-0.1, -0.05) is 48.3 Å². The fourth-order valence-electron chi connectivity index (χ4n) is 1.89. The molecule has 0 spiro atoms. The fourth-order valence-corrected chi connectivity index (χ4v) is 2.53. The third-order valence-electron chi connectivity index (χ3n) is 3.16. The van der Waals surface area contributed by atoms with Gasteiger partial charge in [-0.2, -0.15) is 0 Å². The molecule has 2 rings (SSSR count). The molecule has 0 saturated heterocycles. The quantitative estimate of drug-likeness (QED) is 0.608. The molecule has 2 aromatic carbocycles. The lowest BCUT2D eigenvalue weighted by Crippen LogP contribution is -1.95. The lowest BCUT2D eigenvalue weighted by atomic mass is 10.1. The number of halogens is 2. The second-order valence-corrected chi connectivity index (χ2v) is 5.96. The average Bonchev–Trinajstić information content (AvgIpc) is 2.54. The first-order chi connectivity index (χ1) is 11.4. The first-order valence-electron chi connectivity index (χ1n) is 7.63. The topological polar surface area (TPSA) is 35.5 Å². The monoisotopic (exact) mass is 368 g/mol. The van der Waals surface area contributed by atoms with E-state index in [2.05, 4.69) is 19.9 Å². The number of benzene rings is 2. The van der Waals surface area contributed by atoms with Crippen LogP contribution in [-0.4, -0.2) is 19.5 Å². The highest BCUT2D eigenvalue weighted by atomic mass is 35.5. The maximum absolute atomic E-state index is 11.0. The fraction of sp³-hybridized carbons (Fsp3) is 0.316. The van der Waals surface area contributed by atoms with E-state index >= 15 is 0 Å². The summed E-state index contributed by atoms with van der Waals surface area (Å²) in [6, 6.07) is 11.2. The summed E-state index contributed by atoms with van der Waals surface area (Å²) in [5, 5.41) is 0.695. The van der Waals surface area contributed by atoms with Crippen molar-refractivity contribution in [2.75, 3.05) is 13.7 Å². The molecule has 0 bridgehead atoms. The minimum Gasteiger partial charge on any atom is -0.494 e. The Balaban J connectivity index is 0.000000243. The molecule has 0 heterocycles. The standard InChI is InChI=1S/C10H14O.C9H8Cl2O2/c1-3-8-11-10-7-5-4-6-9(10)2;1-5(12)6-3-7(10)9(13-2)8(11)4-6/h4-7H,3,8H2,1-2H3;3-4H,1-2H3. The molecule has 0 fully saturated rings. The van der Waals surface area contributed by atoms with Gasteiger partial charge in [0.2, 0.25) is 0 Å². The number of ketones is 1. The lowest BCUT2D eigenvalue weighted by molar-refractivity contribution is 0.101. The van der Waals surface area contributed by atoms with Crippen LogP contribution >= 0.6 is 23.2 Å². The molecule has 0 N–H and O–H groups in total. The van der Waals surface area contributed by atoms with Gasteiger partial charge in [-0.05, 0) is 44.0 Å². The number of carbonyl (C=O) groups excluding carboxylic acids is 1. The van der Waals surface area contributed by atoms with E-state index in [1.54, 1.807) is 0 Å². The number of para-hydroxylation sites is 1. The van der Waals surface area contributed by atoms with Crippen molar-refractivity contribution < 1.29 is 14.3 Å². The molecule has 0 aliphatic rings. The number of methoxy groups -OCH3 is 1. The highest BCUT2D eigenvalue weighted by Crippen LogP contribution is 2.33. The highest BCUT2D eigenvalue weighted by Gasteiger charge is 2.10. The first kappa shape index (κ1) is 20.3. The molecule has 0 radical (unpaired) electrons. The van der Waals surface area contributed by atoms with Crippen LogP contribution in [0, 0.1) is 6.92 Å². The van der Waals surface area contributed by atoms with E-state index in [4.69, 9.17) is 32.7 Å². The van der Waals surface area contributed by atoms with Gasteiger partial charge in [-0.15, -0.1) is 0 Å². The Hall–Kier alpha value is -1.71. The minimum absolute atomic E-state index is 0.0774. The normalized spacial score (nSPS) is 9.75. The predicted octanol–water partition coefficient (Wildman–Crippen LogP) is 5.99. The summed E-state index contributed by atoms with van der Waals surface area (Å²) < 4.78 is 10.4. The maximum Gasteiger partial charge on any atom is 0.159 e. The second kappa shape index (κ2) is 10.2. The van der Waals surface area contributed by atoms with Crippen molar-refractivity contribution in [2.24, 2.45) is 0 Å². The molecule has 0 aliphatic heterocycles. The third-order valence-corrected chi connectivity index (χ3v) is 3.73. The Morgan fingerprint density at radius 3 is 2.17 bits per heavy atom. The van der Waals surface area contributed by atoms with Gasteiger partial charge in [0.25, 0.3) is 0 Å². The van der Waals surface area contributed by atoms with Crippen molar-refractivity contribution in [1.29, 1.82) is 0 Å². The Bertz CT molecular complexity index is 661. The van der Waals surface area contributed by atoms with Crippen molar-refractivity contribution in [3.05, 3.63) is 57.6 Å². The summed E-state index contributed by atoms with van der Waals surface area (Å²) in [5.74, 6) is 1.33. The van der Waals surface area contributed by atoms with Gasteiger partial charge in [-0.3, -0.25) is 4.79 Å². The molecule has 5 heteroatoms. The molecule has 0 unspecified atom stereocenters. The number of Topliss-reactive ketones (excluding diaryl/α,β-unsaturated/α-hetero) is 1. The van der Waals surface area contributed by atoms with E-state index in [9.17, 15) is 4.79 Å². The molecule has 0 aromatic heterocycles. The molecular formula is C19H22Cl2O3. The van der Waals surface area contributed by atoms with Crippen LogP contribution in [0.25, 0.3) is 0 Å². The van der Waals surface area contributed by atoms with E-state index in [0.717, 1.165) is 18.8 Å². The zero-order chi connectivity index (χ0) is 18.1. The maximum atomic E-state index is 11.0. The van der Waals surface area contributed by atoms with E-state index in [0.29, 0.717) is 21.4 Å². The number of rotatable bonds is 5. The van der Waals surface area contributed by atoms with Crippen molar-refractivity contribution >= 4 is 29.0 Å². The predicted molar refractivity (Wildman–Crippen MR) is 100.0 cm³/mol. The van der Waals surface area contributed by atoms with Crippen molar-refractivity contribution in [3.8, 4) is 11.5 Å². The molecule has 0 amide bonds. The molecule has 0 aliphatic carbocycles. The van der Waals surface area contributed by atoms with Gasteiger partial charge in [0.1, 0.15) is 5.75 Å². The highest BCUT2D eigenvalue weighted by molar-refractivity contribution is 6.37. The van der Waals surface area contributed by atoms with Crippen LogP contribution in [0.2, 0.25) is 10.0 Å². The molecule has 0 saturated carbocycles. The minimum atomic E-state index is -0.0774. The summed E-state index contributed by atoms with van der Waals surface area (Å²) in [5.41, 5.74) is 1.69. The summed E-state index contributed by atoms with van der Waals surface area (Å²) in [7, 11) is 1.47. The smallest absolute Gasteiger partial charge is 0.159 e. The largest absolute Gasteiger partial charge is 0.494 e. The van der Waals surface area contributed by atoms with Crippen LogP contribution in [0.5, 0.6) is 11.5 Å².